The maximum Gasteiger partial charge on any atom is 0.262 e. The molecule has 0 unspecified atom stereocenters. The van der Waals surface area contributed by atoms with E-state index in [2.05, 4.69) is 41.6 Å². The first kappa shape index (κ1) is 17.6. The Morgan fingerprint density at radius 3 is 2.35 bits per heavy atom. The fourth-order valence-corrected chi connectivity index (χ4v) is 2.37. The van der Waals surface area contributed by atoms with Gasteiger partial charge in [0, 0.05) is 5.69 Å². The fraction of sp³-hybridized carbons (Fsp3) is 0.263. The van der Waals surface area contributed by atoms with Crippen molar-refractivity contribution >= 4 is 11.6 Å². The molecule has 134 valence electrons. The van der Waals surface area contributed by atoms with E-state index in [0.29, 0.717) is 5.75 Å². The fourth-order valence-electron chi connectivity index (χ4n) is 2.37. The first-order valence-electron chi connectivity index (χ1n) is 8.28. The molecular weight excluding hydrogens is 330 g/mol. The van der Waals surface area contributed by atoms with E-state index >= 15 is 0 Å². The molecular formula is C19H21N5O2. The van der Waals surface area contributed by atoms with Gasteiger partial charge in [-0.05, 0) is 57.8 Å². The summed E-state index contributed by atoms with van der Waals surface area (Å²) >= 11 is 0. The van der Waals surface area contributed by atoms with Crippen LogP contribution >= 0.6 is 0 Å². The van der Waals surface area contributed by atoms with Crippen molar-refractivity contribution in [1.82, 2.24) is 20.2 Å². The Hall–Kier alpha value is -3.22. The molecule has 0 aliphatic rings. The third-order valence-corrected chi connectivity index (χ3v) is 3.85. The van der Waals surface area contributed by atoms with Gasteiger partial charge in [0.2, 0.25) is 0 Å². The number of carbonyl (C=O) groups is 1. The van der Waals surface area contributed by atoms with Crippen molar-refractivity contribution in [3.8, 4) is 11.4 Å². The molecule has 0 aliphatic heterocycles. The van der Waals surface area contributed by atoms with Gasteiger partial charge in [-0.2, -0.15) is 0 Å². The quantitative estimate of drug-likeness (QED) is 0.764. The third-order valence-electron chi connectivity index (χ3n) is 3.85. The monoisotopic (exact) mass is 351 g/mol. The van der Waals surface area contributed by atoms with Crippen molar-refractivity contribution in [2.45, 2.75) is 26.2 Å². The van der Waals surface area contributed by atoms with Gasteiger partial charge in [-0.1, -0.05) is 32.9 Å². The number of hydrogen-bond donors (Lipinski definition) is 1. The second-order valence-corrected chi connectivity index (χ2v) is 6.91. The zero-order chi connectivity index (χ0) is 18.6. The molecule has 2 aromatic carbocycles. The maximum atomic E-state index is 12.1. The Morgan fingerprint density at radius 2 is 1.77 bits per heavy atom. The zero-order valence-electron chi connectivity index (χ0n) is 15.0. The lowest BCUT2D eigenvalue weighted by molar-refractivity contribution is -0.118. The summed E-state index contributed by atoms with van der Waals surface area (Å²) in [5.74, 6) is 0.387. The largest absolute Gasteiger partial charge is 0.484 e. The van der Waals surface area contributed by atoms with Crippen molar-refractivity contribution in [1.29, 1.82) is 0 Å². The van der Waals surface area contributed by atoms with Crippen LogP contribution in [0.1, 0.15) is 26.3 Å². The Kier molecular flexibility index (Phi) is 4.97. The number of rotatable bonds is 5. The van der Waals surface area contributed by atoms with Crippen LogP contribution in [-0.2, 0) is 10.2 Å². The summed E-state index contributed by atoms with van der Waals surface area (Å²) in [5.41, 5.74) is 2.86. The molecule has 0 saturated carbocycles. The van der Waals surface area contributed by atoms with Gasteiger partial charge in [0.25, 0.3) is 5.91 Å². The number of nitrogens with zero attached hydrogens (tertiary/aromatic N) is 4. The molecule has 3 aromatic rings. The molecule has 0 bridgehead atoms. The minimum atomic E-state index is -0.210. The Morgan fingerprint density at radius 1 is 1.08 bits per heavy atom. The average molecular weight is 351 g/mol. The van der Waals surface area contributed by atoms with Crippen molar-refractivity contribution in [3.05, 3.63) is 60.4 Å². The number of benzene rings is 2. The van der Waals surface area contributed by atoms with E-state index in [0.717, 1.165) is 11.4 Å². The molecule has 1 heterocycles. The van der Waals surface area contributed by atoms with E-state index in [1.807, 2.05) is 36.4 Å². The van der Waals surface area contributed by atoms with Crippen molar-refractivity contribution in [2.75, 3.05) is 11.9 Å². The van der Waals surface area contributed by atoms with Gasteiger partial charge in [-0.25, -0.2) is 4.68 Å². The molecule has 0 atom stereocenters. The topological polar surface area (TPSA) is 81.9 Å². The minimum absolute atomic E-state index is 0.0642. The standard InChI is InChI=1S/C19H21N5O2/c1-19(2,3)14-4-6-15(7-5-14)21-18(25)12-26-17-10-8-16(9-11-17)24-13-20-22-23-24/h4-11,13H,12H2,1-3H3,(H,21,25). The van der Waals surface area contributed by atoms with E-state index in [-0.39, 0.29) is 17.9 Å². The molecule has 7 nitrogen and oxygen atoms in total. The summed E-state index contributed by atoms with van der Waals surface area (Å²) in [6.07, 6.45) is 1.51. The molecule has 26 heavy (non-hydrogen) atoms. The molecule has 1 aromatic heterocycles. The first-order valence-corrected chi connectivity index (χ1v) is 8.28. The first-order chi connectivity index (χ1) is 12.4. The van der Waals surface area contributed by atoms with Crippen molar-refractivity contribution in [3.63, 3.8) is 0 Å². The summed E-state index contributed by atoms with van der Waals surface area (Å²) < 4.78 is 7.06. The molecule has 0 aliphatic carbocycles. The highest BCUT2D eigenvalue weighted by molar-refractivity contribution is 5.91. The molecule has 0 spiro atoms. The van der Waals surface area contributed by atoms with Gasteiger partial charge in [0.15, 0.2) is 6.61 Å². The second-order valence-electron chi connectivity index (χ2n) is 6.91. The van der Waals surface area contributed by atoms with Crippen LogP contribution in [0.3, 0.4) is 0 Å². The molecule has 7 heteroatoms. The summed E-state index contributed by atoms with van der Waals surface area (Å²) in [6, 6.07) is 15.0. The van der Waals surface area contributed by atoms with E-state index < -0.39 is 0 Å². The maximum absolute atomic E-state index is 12.1. The minimum Gasteiger partial charge on any atom is -0.484 e. The predicted molar refractivity (Wildman–Crippen MR) is 98.4 cm³/mol. The molecule has 0 saturated heterocycles. The summed E-state index contributed by atoms with van der Waals surface area (Å²) in [4.78, 5) is 12.1. The van der Waals surface area contributed by atoms with E-state index in [9.17, 15) is 4.79 Å². The van der Waals surface area contributed by atoms with Gasteiger partial charge in [0.1, 0.15) is 12.1 Å². The van der Waals surface area contributed by atoms with Crippen molar-refractivity contribution < 1.29 is 9.53 Å². The number of ether oxygens (including phenoxy) is 1. The van der Waals surface area contributed by atoms with Crippen LogP contribution in [0.2, 0.25) is 0 Å². The van der Waals surface area contributed by atoms with Crippen molar-refractivity contribution in [2.24, 2.45) is 0 Å². The normalized spacial score (nSPS) is 11.2. The molecule has 1 amide bonds. The van der Waals surface area contributed by atoms with Crippen LogP contribution in [0, 0.1) is 0 Å². The van der Waals surface area contributed by atoms with Crippen LogP contribution < -0.4 is 10.1 Å². The van der Waals surface area contributed by atoms with E-state index in [1.165, 1.54) is 16.6 Å². The number of anilines is 1. The van der Waals surface area contributed by atoms with Gasteiger partial charge in [-0.15, -0.1) is 5.10 Å². The molecule has 0 fully saturated rings. The van der Waals surface area contributed by atoms with Crippen LogP contribution in [0.25, 0.3) is 5.69 Å². The SMILES string of the molecule is CC(C)(C)c1ccc(NC(=O)COc2ccc(-n3cnnn3)cc2)cc1. The Balaban J connectivity index is 1.52. The zero-order valence-corrected chi connectivity index (χ0v) is 15.0. The number of aromatic nitrogens is 4. The molecule has 1 N–H and O–H groups in total. The Bertz CT molecular complexity index is 850. The van der Waals surface area contributed by atoms with Gasteiger partial charge < -0.3 is 10.1 Å². The lowest BCUT2D eigenvalue weighted by Gasteiger charge is -2.19. The van der Waals surface area contributed by atoms with Gasteiger partial charge in [-0.3, -0.25) is 4.79 Å². The third kappa shape index (κ3) is 4.44. The highest BCUT2D eigenvalue weighted by Gasteiger charge is 2.13. The Labute approximate surface area is 152 Å². The van der Waals surface area contributed by atoms with E-state index in [4.69, 9.17) is 4.74 Å². The number of tetrazole rings is 1. The van der Waals surface area contributed by atoms with Crippen LogP contribution in [0.5, 0.6) is 5.75 Å². The van der Waals surface area contributed by atoms with Gasteiger partial charge >= 0.3 is 0 Å². The number of nitrogens with one attached hydrogen (secondary N) is 1. The summed E-state index contributed by atoms with van der Waals surface area (Å²) in [6.45, 7) is 6.39. The highest BCUT2D eigenvalue weighted by Crippen LogP contribution is 2.23. The average Bonchev–Trinajstić information content (AvgIpc) is 3.15. The van der Waals surface area contributed by atoms with Crippen LogP contribution in [0.4, 0.5) is 5.69 Å². The summed E-state index contributed by atoms with van der Waals surface area (Å²) in [5, 5.41) is 13.8. The van der Waals surface area contributed by atoms with Gasteiger partial charge in [0.05, 0.1) is 5.69 Å². The number of amides is 1. The number of hydrogen-bond acceptors (Lipinski definition) is 5. The van der Waals surface area contributed by atoms with E-state index in [1.54, 1.807) is 12.1 Å². The second kappa shape index (κ2) is 7.35. The predicted octanol–water partition coefficient (Wildman–Crippen LogP) is 2.98. The van der Waals surface area contributed by atoms with Crippen LogP contribution in [0.15, 0.2) is 54.9 Å². The lowest BCUT2D eigenvalue weighted by atomic mass is 9.87. The van der Waals surface area contributed by atoms with Crippen LogP contribution in [-0.4, -0.2) is 32.7 Å². The lowest BCUT2D eigenvalue weighted by Crippen LogP contribution is -2.20. The smallest absolute Gasteiger partial charge is 0.262 e. The molecule has 0 radical (unpaired) electrons. The number of carbonyl (C=O) groups excluding carboxylic acids is 1. The molecule has 3 rings (SSSR count). The summed E-state index contributed by atoms with van der Waals surface area (Å²) in [7, 11) is 0. The highest BCUT2D eigenvalue weighted by atomic mass is 16.5.